The Morgan fingerprint density at radius 2 is 2.07 bits per heavy atom. The van der Waals surface area contributed by atoms with Crippen molar-refractivity contribution in [2.75, 3.05) is 0 Å². The molecule has 0 heterocycles. The van der Waals surface area contributed by atoms with Crippen molar-refractivity contribution in [2.45, 2.75) is 33.6 Å². The first kappa shape index (κ1) is 11.7. The highest BCUT2D eigenvalue weighted by Crippen LogP contribution is 2.20. The highest BCUT2D eigenvalue weighted by molar-refractivity contribution is 6.07. The molecule has 1 aromatic rings. The van der Waals surface area contributed by atoms with Crippen LogP contribution in [0.15, 0.2) is 24.3 Å². The first-order valence-electron chi connectivity index (χ1n) is 5.42. The smallest absolute Gasteiger partial charge is 0.150 e. The SMILES string of the molecule is CCC/C=C(\C=O)c1cccc(C)c1C. The van der Waals surface area contributed by atoms with Crippen LogP contribution >= 0.6 is 0 Å². The van der Waals surface area contributed by atoms with E-state index in [0.29, 0.717) is 0 Å². The molecule has 0 aliphatic rings. The minimum Gasteiger partial charge on any atom is -0.298 e. The second-order valence-corrected chi connectivity index (χ2v) is 3.81. The maximum atomic E-state index is 11.0. The number of aldehydes is 1. The topological polar surface area (TPSA) is 17.1 Å². The van der Waals surface area contributed by atoms with Crippen molar-refractivity contribution < 1.29 is 4.79 Å². The van der Waals surface area contributed by atoms with Gasteiger partial charge >= 0.3 is 0 Å². The average molecular weight is 202 g/mol. The Morgan fingerprint density at radius 3 is 2.67 bits per heavy atom. The zero-order chi connectivity index (χ0) is 11.3. The van der Waals surface area contributed by atoms with Crippen LogP contribution in [0.25, 0.3) is 5.57 Å². The van der Waals surface area contributed by atoms with Gasteiger partial charge in [-0.3, -0.25) is 4.79 Å². The van der Waals surface area contributed by atoms with Gasteiger partial charge in [0.25, 0.3) is 0 Å². The molecular formula is C14H18O. The summed E-state index contributed by atoms with van der Waals surface area (Å²) in [4.78, 5) is 11.0. The van der Waals surface area contributed by atoms with Gasteiger partial charge in [0.2, 0.25) is 0 Å². The Balaban J connectivity index is 3.12. The summed E-state index contributed by atoms with van der Waals surface area (Å²) >= 11 is 0. The number of hydrogen-bond donors (Lipinski definition) is 0. The van der Waals surface area contributed by atoms with Crippen LogP contribution in [0.4, 0.5) is 0 Å². The quantitative estimate of drug-likeness (QED) is 0.537. The van der Waals surface area contributed by atoms with E-state index in [4.69, 9.17) is 0 Å². The molecular weight excluding hydrogens is 184 g/mol. The van der Waals surface area contributed by atoms with E-state index < -0.39 is 0 Å². The standard InChI is InChI=1S/C14H18O/c1-4-5-8-13(10-15)14-9-6-7-11(2)12(14)3/h6-10H,4-5H2,1-3H3/b13-8+. The zero-order valence-corrected chi connectivity index (χ0v) is 9.71. The second kappa shape index (κ2) is 5.50. The van der Waals surface area contributed by atoms with Crippen molar-refractivity contribution in [1.82, 2.24) is 0 Å². The van der Waals surface area contributed by atoms with Gasteiger partial charge in [-0.2, -0.15) is 0 Å². The lowest BCUT2D eigenvalue weighted by molar-refractivity contribution is -0.103. The van der Waals surface area contributed by atoms with Crippen LogP contribution < -0.4 is 0 Å². The Morgan fingerprint density at radius 1 is 1.33 bits per heavy atom. The van der Waals surface area contributed by atoms with E-state index in [1.54, 1.807) is 0 Å². The second-order valence-electron chi connectivity index (χ2n) is 3.81. The summed E-state index contributed by atoms with van der Waals surface area (Å²) in [5, 5.41) is 0. The molecule has 0 amide bonds. The van der Waals surface area contributed by atoms with E-state index in [-0.39, 0.29) is 0 Å². The number of hydrogen-bond acceptors (Lipinski definition) is 1. The highest BCUT2D eigenvalue weighted by Gasteiger charge is 2.04. The van der Waals surface area contributed by atoms with Crippen LogP contribution in [0.2, 0.25) is 0 Å². The van der Waals surface area contributed by atoms with Crippen molar-refractivity contribution in [1.29, 1.82) is 0 Å². The van der Waals surface area contributed by atoms with Gasteiger partial charge in [0.1, 0.15) is 6.29 Å². The molecule has 0 saturated heterocycles. The van der Waals surface area contributed by atoms with E-state index in [2.05, 4.69) is 26.8 Å². The Bertz CT molecular complexity index is 375. The average Bonchev–Trinajstić information content (AvgIpc) is 2.25. The summed E-state index contributed by atoms with van der Waals surface area (Å²) in [6.07, 6.45) is 5.01. The molecule has 1 aromatic carbocycles. The summed E-state index contributed by atoms with van der Waals surface area (Å²) < 4.78 is 0. The van der Waals surface area contributed by atoms with E-state index in [9.17, 15) is 4.79 Å². The molecule has 1 heteroatoms. The van der Waals surface area contributed by atoms with Crippen LogP contribution in [0.3, 0.4) is 0 Å². The van der Waals surface area contributed by atoms with Gasteiger partial charge < -0.3 is 0 Å². The van der Waals surface area contributed by atoms with Gasteiger partial charge in [-0.1, -0.05) is 37.6 Å². The molecule has 0 bridgehead atoms. The molecule has 80 valence electrons. The van der Waals surface area contributed by atoms with Gasteiger partial charge in [-0.15, -0.1) is 0 Å². The molecule has 1 rings (SSSR count). The fraction of sp³-hybridized carbons (Fsp3) is 0.357. The predicted octanol–water partition coefficient (Wildman–Crippen LogP) is 3.69. The lowest BCUT2D eigenvalue weighted by Crippen LogP contribution is -1.92. The van der Waals surface area contributed by atoms with E-state index in [0.717, 1.165) is 30.3 Å². The molecule has 0 spiro atoms. The van der Waals surface area contributed by atoms with E-state index >= 15 is 0 Å². The molecule has 0 atom stereocenters. The predicted molar refractivity (Wildman–Crippen MR) is 64.9 cm³/mol. The maximum Gasteiger partial charge on any atom is 0.150 e. The third-order valence-corrected chi connectivity index (χ3v) is 2.70. The minimum absolute atomic E-state index is 0.818. The van der Waals surface area contributed by atoms with E-state index in [1.807, 2.05) is 18.2 Å². The number of aryl methyl sites for hydroxylation is 1. The number of carbonyl (C=O) groups excluding carboxylic acids is 1. The van der Waals surface area contributed by atoms with Crippen molar-refractivity contribution in [3.8, 4) is 0 Å². The van der Waals surface area contributed by atoms with Crippen LogP contribution in [-0.2, 0) is 4.79 Å². The van der Waals surface area contributed by atoms with E-state index in [1.165, 1.54) is 11.1 Å². The summed E-state index contributed by atoms with van der Waals surface area (Å²) in [5.74, 6) is 0. The molecule has 15 heavy (non-hydrogen) atoms. The number of allylic oxidation sites excluding steroid dienone is 2. The Labute approximate surface area is 91.8 Å². The summed E-state index contributed by atoms with van der Waals surface area (Å²) in [6, 6.07) is 6.08. The maximum absolute atomic E-state index is 11.0. The molecule has 0 aliphatic heterocycles. The summed E-state index contributed by atoms with van der Waals surface area (Å²) in [5.41, 5.74) is 4.32. The van der Waals surface area contributed by atoms with Crippen molar-refractivity contribution in [3.63, 3.8) is 0 Å². The first-order chi connectivity index (χ1) is 7.20. The molecule has 0 saturated carbocycles. The Hall–Kier alpha value is -1.37. The van der Waals surface area contributed by atoms with Crippen molar-refractivity contribution >= 4 is 11.9 Å². The van der Waals surface area contributed by atoms with Gasteiger partial charge in [-0.05, 0) is 37.0 Å². The number of carbonyl (C=O) groups is 1. The largest absolute Gasteiger partial charge is 0.298 e. The van der Waals surface area contributed by atoms with Gasteiger partial charge in [0, 0.05) is 5.57 Å². The van der Waals surface area contributed by atoms with Crippen LogP contribution in [0, 0.1) is 13.8 Å². The minimum atomic E-state index is 0.818. The summed E-state index contributed by atoms with van der Waals surface area (Å²) in [6.45, 7) is 6.25. The van der Waals surface area contributed by atoms with Gasteiger partial charge in [0.05, 0.1) is 0 Å². The molecule has 0 aliphatic carbocycles. The number of benzene rings is 1. The van der Waals surface area contributed by atoms with Crippen LogP contribution in [0.5, 0.6) is 0 Å². The Kier molecular flexibility index (Phi) is 4.29. The first-order valence-corrected chi connectivity index (χ1v) is 5.42. The molecule has 0 N–H and O–H groups in total. The highest BCUT2D eigenvalue weighted by atomic mass is 16.1. The van der Waals surface area contributed by atoms with Crippen molar-refractivity contribution in [3.05, 3.63) is 41.0 Å². The molecule has 0 aromatic heterocycles. The third kappa shape index (κ3) is 2.79. The molecule has 0 radical (unpaired) electrons. The normalized spacial score (nSPS) is 11.5. The van der Waals surface area contributed by atoms with Crippen LogP contribution in [0.1, 0.15) is 36.5 Å². The fourth-order valence-electron chi connectivity index (χ4n) is 1.59. The third-order valence-electron chi connectivity index (χ3n) is 2.70. The fourth-order valence-corrected chi connectivity index (χ4v) is 1.59. The van der Waals surface area contributed by atoms with Gasteiger partial charge in [0.15, 0.2) is 0 Å². The lowest BCUT2D eigenvalue weighted by atomic mass is 9.97. The summed E-state index contributed by atoms with van der Waals surface area (Å²) in [7, 11) is 0. The van der Waals surface area contributed by atoms with Gasteiger partial charge in [-0.25, -0.2) is 0 Å². The molecule has 0 unspecified atom stereocenters. The monoisotopic (exact) mass is 202 g/mol. The van der Waals surface area contributed by atoms with Crippen molar-refractivity contribution in [2.24, 2.45) is 0 Å². The molecule has 0 fully saturated rings. The zero-order valence-electron chi connectivity index (χ0n) is 9.71. The number of unbranched alkanes of at least 4 members (excludes halogenated alkanes) is 1. The molecule has 1 nitrogen and oxygen atoms in total. The van der Waals surface area contributed by atoms with Crippen LogP contribution in [-0.4, -0.2) is 6.29 Å². The lowest BCUT2D eigenvalue weighted by Gasteiger charge is -2.07. The number of rotatable bonds is 4.